The van der Waals surface area contributed by atoms with Gasteiger partial charge in [0.15, 0.2) is 0 Å². The number of hydrogen-bond donors (Lipinski definition) is 1. The topological polar surface area (TPSA) is 24.4 Å². The van der Waals surface area contributed by atoms with Crippen molar-refractivity contribution in [3.8, 4) is 0 Å². The van der Waals surface area contributed by atoms with Crippen LogP contribution in [0.1, 0.15) is 20.8 Å². The van der Waals surface area contributed by atoms with Crippen molar-refractivity contribution in [3.63, 3.8) is 0 Å². The molecular weight excluding hydrogens is 192 g/mol. The van der Waals surface area contributed by atoms with E-state index in [4.69, 9.17) is 12.2 Å². The zero-order valence-electron chi connectivity index (χ0n) is 8.87. The van der Waals surface area contributed by atoms with E-state index in [1.165, 1.54) is 0 Å². The predicted octanol–water partition coefficient (Wildman–Crippen LogP) is 2.99. The third-order valence-corrected chi connectivity index (χ3v) is 1.53. The van der Waals surface area contributed by atoms with E-state index in [1.54, 1.807) is 13.0 Å². The smallest absolute Gasteiger partial charge is 0.0930 e. The lowest BCUT2D eigenvalue weighted by Gasteiger charge is -2.01. The Morgan fingerprint density at radius 2 is 2.07 bits per heavy atom. The van der Waals surface area contributed by atoms with Crippen molar-refractivity contribution in [3.05, 3.63) is 36.5 Å². The average Bonchev–Trinajstić information content (AvgIpc) is 2.14. The molecule has 0 saturated carbocycles. The fraction of sp³-hybridized carbons (Fsp3) is 0.273. The van der Waals surface area contributed by atoms with Crippen molar-refractivity contribution in [1.29, 1.82) is 0 Å². The molecule has 0 radical (unpaired) electrons. The molecule has 0 fully saturated rings. The Labute approximate surface area is 91.1 Å². The van der Waals surface area contributed by atoms with Crippen molar-refractivity contribution >= 4 is 22.9 Å². The van der Waals surface area contributed by atoms with Crippen molar-refractivity contribution in [2.45, 2.75) is 20.8 Å². The lowest BCUT2D eigenvalue weighted by Crippen LogP contribution is -2.13. The molecule has 1 N–H and O–H groups in total. The van der Waals surface area contributed by atoms with E-state index in [2.05, 4.69) is 17.1 Å². The number of nitrogens with zero attached hydrogens (tertiary/aromatic N) is 1. The van der Waals surface area contributed by atoms with Crippen LogP contribution in [-0.4, -0.2) is 10.7 Å². The Hall–Kier alpha value is -1.22. The van der Waals surface area contributed by atoms with Crippen molar-refractivity contribution in [1.82, 2.24) is 5.43 Å². The van der Waals surface area contributed by atoms with Gasteiger partial charge in [-0.2, -0.15) is 5.10 Å². The predicted molar refractivity (Wildman–Crippen MR) is 67.6 cm³/mol. The zero-order chi connectivity index (χ0) is 11.0. The maximum absolute atomic E-state index is 4.85. The summed E-state index contributed by atoms with van der Waals surface area (Å²) in [4.78, 5) is 0.655. The number of allylic oxidation sites excluding steroid dienone is 5. The minimum absolute atomic E-state index is 0.655. The van der Waals surface area contributed by atoms with Crippen LogP contribution >= 0.6 is 12.2 Å². The molecule has 0 atom stereocenters. The van der Waals surface area contributed by atoms with Crippen LogP contribution in [0.3, 0.4) is 0 Å². The highest BCUT2D eigenvalue weighted by Gasteiger charge is 1.95. The molecule has 0 unspecified atom stereocenters. The highest BCUT2D eigenvalue weighted by atomic mass is 32.1. The highest BCUT2D eigenvalue weighted by molar-refractivity contribution is 7.80. The van der Waals surface area contributed by atoms with Crippen LogP contribution in [0.5, 0.6) is 0 Å². The van der Waals surface area contributed by atoms with Crippen LogP contribution in [0.2, 0.25) is 0 Å². The Balaban J connectivity index is 4.67. The van der Waals surface area contributed by atoms with E-state index in [-0.39, 0.29) is 0 Å². The van der Waals surface area contributed by atoms with E-state index in [0.29, 0.717) is 4.99 Å². The van der Waals surface area contributed by atoms with E-state index in [0.717, 1.165) is 11.3 Å². The third kappa shape index (κ3) is 5.43. The van der Waals surface area contributed by atoms with Crippen molar-refractivity contribution < 1.29 is 0 Å². The van der Waals surface area contributed by atoms with Crippen LogP contribution in [-0.2, 0) is 0 Å². The second-order valence-corrected chi connectivity index (χ2v) is 3.34. The lowest BCUT2D eigenvalue weighted by molar-refractivity contribution is 1.04. The van der Waals surface area contributed by atoms with Gasteiger partial charge in [0.25, 0.3) is 0 Å². The van der Waals surface area contributed by atoms with E-state index in [9.17, 15) is 0 Å². The van der Waals surface area contributed by atoms with Crippen LogP contribution in [0.25, 0.3) is 0 Å². The second kappa shape index (κ2) is 7.21. The Bertz CT molecular complexity index is 298. The number of hydrogen-bond acceptors (Lipinski definition) is 2. The quantitative estimate of drug-likeness (QED) is 0.332. The van der Waals surface area contributed by atoms with Crippen molar-refractivity contribution in [2.75, 3.05) is 0 Å². The van der Waals surface area contributed by atoms with E-state index < -0.39 is 0 Å². The molecule has 0 aromatic heterocycles. The summed E-state index contributed by atoms with van der Waals surface area (Å²) >= 11 is 4.85. The Morgan fingerprint density at radius 3 is 2.50 bits per heavy atom. The number of thiocarbonyl (C=S) groups is 1. The molecule has 0 spiro atoms. The summed E-state index contributed by atoms with van der Waals surface area (Å²) in [5.74, 6) is 0. The van der Waals surface area contributed by atoms with Gasteiger partial charge < -0.3 is 0 Å². The lowest BCUT2D eigenvalue weighted by atomic mass is 10.1. The standard InChI is InChI=1S/C11H16N2S/c1-5-7-11(8-6-2)9(3)12-13-10(4)14/h5-8H,1H2,2-4H3,(H,13,14)/b8-6-,11-7+,12-9+. The molecule has 3 heteroatoms. The summed E-state index contributed by atoms with van der Waals surface area (Å²) < 4.78 is 0. The molecule has 0 aliphatic carbocycles. The molecule has 0 saturated heterocycles. The first-order valence-electron chi connectivity index (χ1n) is 4.38. The molecule has 0 amide bonds. The number of rotatable bonds is 4. The van der Waals surface area contributed by atoms with E-state index >= 15 is 0 Å². The Kier molecular flexibility index (Phi) is 6.58. The maximum atomic E-state index is 4.85. The largest absolute Gasteiger partial charge is 0.272 e. The van der Waals surface area contributed by atoms with Gasteiger partial charge in [0.1, 0.15) is 0 Å². The number of nitrogens with one attached hydrogen (secondary N) is 1. The minimum atomic E-state index is 0.655. The van der Waals surface area contributed by atoms with Gasteiger partial charge >= 0.3 is 0 Å². The van der Waals surface area contributed by atoms with Gasteiger partial charge in [0, 0.05) is 0 Å². The molecule has 0 heterocycles. The second-order valence-electron chi connectivity index (χ2n) is 2.72. The molecule has 0 aromatic carbocycles. The summed E-state index contributed by atoms with van der Waals surface area (Å²) in [5, 5.41) is 4.12. The first-order valence-corrected chi connectivity index (χ1v) is 4.79. The molecule has 0 aromatic rings. The fourth-order valence-corrected chi connectivity index (χ4v) is 0.876. The molecule has 76 valence electrons. The monoisotopic (exact) mass is 208 g/mol. The summed E-state index contributed by atoms with van der Waals surface area (Å²) in [5.41, 5.74) is 4.65. The average molecular weight is 208 g/mol. The van der Waals surface area contributed by atoms with Gasteiger partial charge in [0.05, 0.1) is 10.7 Å². The van der Waals surface area contributed by atoms with Gasteiger partial charge in [0.2, 0.25) is 0 Å². The fourth-order valence-electron chi connectivity index (χ4n) is 0.830. The van der Waals surface area contributed by atoms with Gasteiger partial charge in [-0.25, -0.2) is 0 Å². The Morgan fingerprint density at radius 1 is 1.43 bits per heavy atom. The molecule has 0 aliphatic heterocycles. The summed E-state index contributed by atoms with van der Waals surface area (Å²) in [7, 11) is 0. The first kappa shape index (κ1) is 12.8. The van der Waals surface area contributed by atoms with Crippen LogP contribution in [0.4, 0.5) is 0 Å². The minimum Gasteiger partial charge on any atom is -0.272 e. The molecule has 0 aliphatic rings. The summed E-state index contributed by atoms with van der Waals surface area (Å²) in [6.07, 6.45) is 7.57. The molecule has 0 bridgehead atoms. The molecule has 2 nitrogen and oxygen atoms in total. The highest BCUT2D eigenvalue weighted by Crippen LogP contribution is 2.00. The molecule has 14 heavy (non-hydrogen) atoms. The first-order chi connectivity index (χ1) is 6.61. The third-order valence-electron chi connectivity index (χ3n) is 1.44. The molecular formula is C11H16N2S. The molecule has 0 rings (SSSR count). The summed E-state index contributed by atoms with van der Waals surface area (Å²) in [6.45, 7) is 9.32. The van der Waals surface area contributed by atoms with E-state index in [1.807, 2.05) is 32.1 Å². The van der Waals surface area contributed by atoms with Gasteiger partial charge in [-0.15, -0.1) is 0 Å². The van der Waals surface area contributed by atoms with Gasteiger partial charge in [-0.3, -0.25) is 5.43 Å². The van der Waals surface area contributed by atoms with Crippen LogP contribution in [0, 0.1) is 0 Å². The maximum Gasteiger partial charge on any atom is 0.0930 e. The number of hydrazone groups is 1. The summed E-state index contributed by atoms with van der Waals surface area (Å²) in [6, 6.07) is 0. The van der Waals surface area contributed by atoms with Gasteiger partial charge in [-0.1, -0.05) is 43.1 Å². The zero-order valence-corrected chi connectivity index (χ0v) is 9.69. The van der Waals surface area contributed by atoms with Crippen LogP contribution in [0.15, 0.2) is 41.6 Å². The van der Waals surface area contributed by atoms with Gasteiger partial charge in [-0.05, 0) is 26.3 Å². The SMILES string of the molecule is C=C/C=C(\C=C/C)C(/C)=N/NC(C)=S. The normalized spacial score (nSPS) is 13.1. The van der Waals surface area contributed by atoms with Crippen LogP contribution < -0.4 is 5.43 Å². The van der Waals surface area contributed by atoms with Crippen molar-refractivity contribution in [2.24, 2.45) is 5.10 Å².